The van der Waals surface area contributed by atoms with Crippen LogP contribution in [0.25, 0.3) is 10.6 Å². The predicted octanol–water partition coefficient (Wildman–Crippen LogP) is 4.59. The lowest BCUT2D eigenvalue weighted by molar-refractivity contribution is 0.238. The normalized spacial score (nSPS) is 18.7. The van der Waals surface area contributed by atoms with E-state index in [1.54, 1.807) is 6.20 Å². The fraction of sp³-hybridized carbons (Fsp3) is 0.444. The molecule has 1 aliphatic heterocycles. The van der Waals surface area contributed by atoms with Crippen LogP contribution in [-0.4, -0.2) is 26.8 Å². The molecule has 0 amide bonds. The molecule has 0 aliphatic carbocycles. The number of likely N-dealkylation sites (tertiary alicyclic amines) is 1. The number of rotatable bonds is 5. The zero-order valence-electron chi connectivity index (χ0n) is 14.0. The van der Waals surface area contributed by atoms with Crippen LogP contribution in [0.4, 0.5) is 0 Å². The molecule has 1 fully saturated rings. The Morgan fingerprint density at radius 3 is 3.04 bits per heavy atom. The van der Waals surface area contributed by atoms with Crippen molar-refractivity contribution in [3.63, 3.8) is 0 Å². The van der Waals surface area contributed by atoms with E-state index in [-0.39, 0.29) is 0 Å². The lowest BCUT2D eigenvalue weighted by Gasteiger charge is -2.21. The molecule has 0 saturated carbocycles. The summed E-state index contributed by atoms with van der Waals surface area (Å²) in [6.45, 7) is 6.36. The Balaban J connectivity index is 1.49. The second-order valence-electron chi connectivity index (χ2n) is 6.67. The standard InChI is InChI=1S/C18H22N4OS/c1-12(2)17-10-15(21-23-17)16-4-3-9-22(16)11-13-5-6-18(24-13)14-7-8-19-20-14/h5-8,10,12,16H,3-4,9,11H2,1-2H3,(H,19,20). The quantitative estimate of drug-likeness (QED) is 0.737. The summed E-state index contributed by atoms with van der Waals surface area (Å²) < 4.78 is 5.50. The second kappa shape index (κ2) is 6.53. The van der Waals surface area contributed by atoms with Gasteiger partial charge in [0.1, 0.15) is 11.5 Å². The van der Waals surface area contributed by atoms with E-state index < -0.39 is 0 Å². The highest BCUT2D eigenvalue weighted by atomic mass is 32.1. The Labute approximate surface area is 145 Å². The maximum atomic E-state index is 5.50. The summed E-state index contributed by atoms with van der Waals surface area (Å²) in [5.41, 5.74) is 2.17. The maximum Gasteiger partial charge on any atom is 0.139 e. The van der Waals surface area contributed by atoms with Crippen molar-refractivity contribution in [2.24, 2.45) is 0 Å². The Hall–Kier alpha value is -1.92. The first kappa shape index (κ1) is 15.6. The topological polar surface area (TPSA) is 58.0 Å². The van der Waals surface area contributed by atoms with Gasteiger partial charge in [0, 0.05) is 29.6 Å². The second-order valence-corrected chi connectivity index (χ2v) is 7.84. The Morgan fingerprint density at radius 2 is 2.29 bits per heavy atom. The first-order valence-electron chi connectivity index (χ1n) is 8.49. The van der Waals surface area contributed by atoms with Gasteiger partial charge in [-0.2, -0.15) is 5.10 Å². The average Bonchev–Trinajstić information content (AvgIpc) is 3.35. The van der Waals surface area contributed by atoms with Gasteiger partial charge in [0.25, 0.3) is 0 Å². The summed E-state index contributed by atoms with van der Waals surface area (Å²) in [5.74, 6) is 1.37. The number of hydrogen-bond acceptors (Lipinski definition) is 5. The van der Waals surface area contributed by atoms with Crippen LogP contribution in [0.2, 0.25) is 0 Å². The molecule has 0 aromatic carbocycles. The third-order valence-electron chi connectivity index (χ3n) is 4.61. The van der Waals surface area contributed by atoms with Crippen LogP contribution in [0.3, 0.4) is 0 Å². The van der Waals surface area contributed by atoms with Crippen molar-refractivity contribution >= 4 is 11.3 Å². The molecule has 4 heterocycles. The molecule has 0 radical (unpaired) electrons. The molecule has 1 aliphatic rings. The minimum atomic E-state index is 0.374. The highest BCUT2D eigenvalue weighted by Gasteiger charge is 2.29. The molecule has 1 saturated heterocycles. The summed E-state index contributed by atoms with van der Waals surface area (Å²) >= 11 is 1.83. The van der Waals surface area contributed by atoms with Crippen molar-refractivity contribution in [1.82, 2.24) is 20.3 Å². The lowest BCUT2D eigenvalue weighted by Crippen LogP contribution is -2.22. The zero-order chi connectivity index (χ0) is 16.5. The molecule has 24 heavy (non-hydrogen) atoms. The number of aromatic nitrogens is 3. The van der Waals surface area contributed by atoms with Crippen molar-refractivity contribution in [3.05, 3.63) is 46.8 Å². The number of thiophene rings is 1. The smallest absolute Gasteiger partial charge is 0.139 e. The van der Waals surface area contributed by atoms with Crippen molar-refractivity contribution < 1.29 is 4.52 Å². The van der Waals surface area contributed by atoms with Gasteiger partial charge in [-0.05, 0) is 37.6 Å². The summed E-state index contributed by atoms with van der Waals surface area (Å²) in [5, 5.41) is 11.4. The van der Waals surface area contributed by atoms with E-state index in [1.807, 2.05) is 17.4 Å². The highest BCUT2D eigenvalue weighted by molar-refractivity contribution is 7.15. The van der Waals surface area contributed by atoms with Gasteiger partial charge in [-0.3, -0.25) is 10.00 Å². The van der Waals surface area contributed by atoms with Gasteiger partial charge in [0.2, 0.25) is 0 Å². The van der Waals surface area contributed by atoms with E-state index >= 15 is 0 Å². The molecule has 4 rings (SSSR count). The third-order valence-corrected chi connectivity index (χ3v) is 5.71. The van der Waals surface area contributed by atoms with Crippen LogP contribution in [0.15, 0.2) is 35.0 Å². The summed E-state index contributed by atoms with van der Waals surface area (Å²) in [6.07, 6.45) is 4.16. The molecule has 3 aromatic heterocycles. The fourth-order valence-corrected chi connectivity index (χ4v) is 4.29. The molecule has 0 spiro atoms. The molecule has 1 unspecified atom stereocenters. The van der Waals surface area contributed by atoms with Crippen LogP contribution in [0, 0.1) is 0 Å². The maximum absolute atomic E-state index is 5.50. The number of H-pyrrole nitrogens is 1. The van der Waals surface area contributed by atoms with Crippen LogP contribution in [0.1, 0.15) is 55.0 Å². The average molecular weight is 342 g/mol. The van der Waals surface area contributed by atoms with E-state index in [0.29, 0.717) is 12.0 Å². The molecular weight excluding hydrogens is 320 g/mol. The van der Waals surface area contributed by atoms with Crippen LogP contribution >= 0.6 is 11.3 Å². The molecule has 6 heteroatoms. The summed E-state index contributed by atoms with van der Waals surface area (Å²) in [6, 6.07) is 8.92. The summed E-state index contributed by atoms with van der Waals surface area (Å²) in [7, 11) is 0. The fourth-order valence-electron chi connectivity index (χ4n) is 3.28. The SMILES string of the molecule is CC(C)c1cc(C2CCCN2Cc2ccc(-c3ccn[nH]3)s2)no1. The first-order valence-corrected chi connectivity index (χ1v) is 9.31. The van der Waals surface area contributed by atoms with Gasteiger partial charge < -0.3 is 4.52 Å². The Kier molecular flexibility index (Phi) is 4.24. The predicted molar refractivity (Wildman–Crippen MR) is 94.9 cm³/mol. The number of nitrogens with zero attached hydrogens (tertiary/aromatic N) is 3. The molecular formula is C18H22N4OS. The van der Waals surface area contributed by atoms with Crippen LogP contribution < -0.4 is 0 Å². The third kappa shape index (κ3) is 3.03. The highest BCUT2D eigenvalue weighted by Crippen LogP contribution is 2.35. The number of nitrogens with one attached hydrogen (secondary N) is 1. The van der Waals surface area contributed by atoms with Crippen molar-refractivity contribution in [2.45, 2.75) is 45.2 Å². The number of hydrogen-bond donors (Lipinski definition) is 1. The van der Waals surface area contributed by atoms with E-state index in [9.17, 15) is 0 Å². The van der Waals surface area contributed by atoms with E-state index in [1.165, 1.54) is 16.2 Å². The summed E-state index contributed by atoms with van der Waals surface area (Å²) in [4.78, 5) is 5.13. The number of aromatic amines is 1. The van der Waals surface area contributed by atoms with Gasteiger partial charge in [0.15, 0.2) is 0 Å². The molecule has 5 nitrogen and oxygen atoms in total. The molecule has 1 atom stereocenters. The minimum Gasteiger partial charge on any atom is -0.361 e. The monoisotopic (exact) mass is 342 g/mol. The molecule has 126 valence electrons. The van der Waals surface area contributed by atoms with Gasteiger partial charge in [-0.25, -0.2) is 0 Å². The molecule has 0 bridgehead atoms. The van der Waals surface area contributed by atoms with Crippen LogP contribution in [0.5, 0.6) is 0 Å². The van der Waals surface area contributed by atoms with Gasteiger partial charge >= 0.3 is 0 Å². The molecule has 1 N–H and O–H groups in total. The zero-order valence-corrected chi connectivity index (χ0v) is 14.8. The van der Waals surface area contributed by atoms with E-state index in [0.717, 1.165) is 36.7 Å². The Bertz CT molecular complexity index is 790. The van der Waals surface area contributed by atoms with Crippen molar-refractivity contribution in [3.8, 4) is 10.6 Å². The largest absolute Gasteiger partial charge is 0.361 e. The lowest BCUT2D eigenvalue weighted by atomic mass is 10.1. The van der Waals surface area contributed by atoms with Crippen LogP contribution in [-0.2, 0) is 6.54 Å². The first-order chi connectivity index (χ1) is 11.7. The van der Waals surface area contributed by atoms with E-state index in [4.69, 9.17) is 4.52 Å². The Morgan fingerprint density at radius 1 is 1.38 bits per heavy atom. The minimum absolute atomic E-state index is 0.374. The van der Waals surface area contributed by atoms with E-state index in [2.05, 4.69) is 52.3 Å². The van der Waals surface area contributed by atoms with Gasteiger partial charge in [-0.15, -0.1) is 11.3 Å². The molecule has 3 aromatic rings. The van der Waals surface area contributed by atoms with Gasteiger partial charge in [-0.1, -0.05) is 19.0 Å². The van der Waals surface area contributed by atoms with Crippen molar-refractivity contribution in [1.29, 1.82) is 0 Å². The van der Waals surface area contributed by atoms with Crippen molar-refractivity contribution in [2.75, 3.05) is 6.54 Å². The van der Waals surface area contributed by atoms with Gasteiger partial charge in [0.05, 0.1) is 16.6 Å².